The Hall–Kier alpha value is -0.830. The molecule has 0 N–H and O–H groups in total. The van der Waals surface area contributed by atoms with Gasteiger partial charge in [0, 0.05) is 17.4 Å². The molecule has 1 aliphatic carbocycles. The largest absolute Gasteiger partial charge is 0.330 e. The summed E-state index contributed by atoms with van der Waals surface area (Å²) >= 11 is 3.57. The second-order valence-electron chi connectivity index (χ2n) is 3.91. The maximum absolute atomic E-state index is 4.67. The molecule has 0 saturated heterocycles. The van der Waals surface area contributed by atoms with Crippen LogP contribution in [0.3, 0.4) is 0 Å². The van der Waals surface area contributed by atoms with E-state index in [1.54, 1.807) is 0 Å². The molecule has 2 aromatic rings. The van der Waals surface area contributed by atoms with Gasteiger partial charge in [0.25, 0.3) is 0 Å². The number of hydrogen-bond donors (Lipinski definition) is 0. The molecule has 2 nitrogen and oxygen atoms in total. The van der Waals surface area contributed by atoms with Crippen molar-refractivity contribution in [3.63, 3.8) is 0 Å². The van der Waals surface area contributed by atoms with Crippen LogP contribution in [0.2, 0.25) is 0 Å². The van der Waals surface area contributed by atoms with Crippen molar-refractivity contribution in [2.45, 2.75) is 18.8 Å². The molecule has 3 heteroatoms. The van der Waals surface area contributed by atoms with Crippen LogP contribution in [0.15, 0.2) is 22.7 Å². The van der Waals surface area contributed by atoms with Gasteiger partial charge in [-0.15, -0.1) is 0 Å². The van der Waals surface area contributed by atoms with Gasteiger partial charge in [-0.2, -0.15) is 0 Å². The molecule has 1 heterocycles. The zero-order valence-corrected chi connectivity index (χ0v) is 9.58. The predicted octanol–water partition coefficient (Wildman–Crippen LogP) is 3.21. The van der Waals surface area contributed by atoms with Crippen LogP contribution in [0.25, 0.3) is 11.0 Å². The number of hydrogen-bond acceptors (Lipinski definition) is 1. The summed E-state index contributed by atoms with van der Waals surface area (Å²) in [5.41, 5.74) is 2.32. The lowest BCUT2D eigenvalue weighted by atomic mass is 10.3. The molecular formula is C11H11BrN2. The third kappa shape index (κ3) is 1.12. The third-order valence-corrected chi connectivity index (χ3v) is 3.46. The Morgan fingerprint density at radius 1 is 1.43 bits per heavy atom. The first kappa shape index (κ1) is 8.48. The molecular weight excluding hydrogens is 240 g/mol. The van der Waals surface area contributed by atoms with Gasteiger partial charge in [0.2, 0.25) is 0 Å². The number of para-hydroxylation sites is 1. The molecule has 0 unspecified atom stereocenters. The van der Waals surface area contributed by atoms with E-state index < -0.39 is 0 Å². The molecule has 0 atom stereocenters. The van der Waals surface area contributed by atoms with Gasteiger partial charge in [0.15, 0.2) is 0 Å². The molecule has 0 aliphatic heterocycles. The zero-order chi connectivity index (χ0) is 9.71. The number of fused-ring (bicyclic) bond motifs is 1. The molecule has 0 amide bonds. The van der Waals surface area contributed by atoms with Crippen LogP contribution in [-0.2, 0) is 7.05 Å². The van der Waals surface area contributed by atoms with Crippen LogP contribution in [0.1, 0.15) is 24.6 Å². The van der Waals surface area contributed by atoms with E-state index in [1.165, 1.54) is 24.2 Å². The van der Waals surface area contributed by atoms with Crippen molar-refractivity contribution in [3.8, 4) is 0 Å². The summed E-state index contributed by atoms with van der Waals surface area (Å²) in [6, 6.07) is 6.18. The molecule has 3 rings (SSSR count). The van der Waals surface area contributed by atoms with Crippen molar-refractivity contribution >= 4 is 27.0 Å². The summed E-state index contributed by atoms with van der Waals surface area (Å²) in [5.74, 6) is 1.95. The highest BCUT2D eigenvalue weighted by atomic mass is 79.9. The van der Waals surface area contributed by atoms with Gasteiger partial charge in [0.05, 0.1) is 11.0 Å². The zero-order valence-electron chi connectivity index (χ0n) is 8.00. The van der Waals surface area contributed by atoms with Crippen LogP contribution in [0.5, 0.6) is 0 Å². The Bertz CT molecular complexity index is 497. The molecule has 72 valence electrons. The Labute approximate surface area is 91.1 Å². The summed E-state index contributed by atoms with van der Waals surface area (Å²) in [6.45, 7) is 0. The first-order valence-electron chi connectivity index (χ1n) is 4.88. The minimum Gasteiger partial charge on any atom is -0.330 e. The summed E-state index contributed by atoms with van der Waals surface area (Å²) < 4.78 is 3.36. The highest BCUT2D eigenvalue weighted by Crippen LogP contribution is 2.40. The van der Waals surface area contributed by atoms with Crippen LogP contribution >= 0.6 is 15.9 Å². The van der Waals surface area contributed by atoms with E-state index in [0.717, 1.165) is 9.99 Å². The average Bonchev–Trinajstić information content (AvgIpc) is 2.93. The summed E-state index contributed by atoms with van der Waals surface area (Å²) in [6.07, 6.45) is 2.60. The summed E-state index contributed by atoms with van der Waals surface area (Å²) in [4.78, 5) is 4.67. The molecule has 14 heavy (non-hydrogen) atoms. The van der Waals surface area contributed by atoms with E-state index in [0.29, 0.717) is 5.92 Å². The number of imidazole rings is 1. The van der Waals surface area contributed by atoms with Crippen LogP contribution in [0.4, 0.5) is 0 Å². The van der Waals surface area contributed by atoms with Crippen LogP contribution in [-0.4, -0.2) is 9.55 Å². The molecule has 1 saturated carbocycles. The van der Waals surface area contributed by atoms with Gasteiger partial charge in [-0.1, -0.05) is 6.07 Å². The van der Waals surface area contributed by atoms with E-state index in [9.17, 15) is 0 Å². The summed E-state index contributed by atoms with van der Waals surface area (Å²) in [5, 5.41) is 0. The molecule has 1 aromatic heterocycles. The monoisotopic (exact) mass is 250 g/mol. The van der Waals surface area contributed by atoms with Gasteiger partial charge in [-0.3, -0.25) is 0 Å². The lowest BCUT2D eigenvalue weighted by Crippen LogP contribution is -1.95. The fraction of sp³-hybridized carbons (Fsp3) is 0.364. The van der Waals surface area contributed by atoms with Crippen LogP contribution in [0, 0.1) is 0 Å². The Morgan fingerprint density at radius 3 is 2.86 bits per heavy atom. The molecule has 1 aromatic carbocycles. The van der Waals surface area contributed by atoms with E-state index >= 15 is 0 Å². The SMILES string of the molecule is Cn1c(C2CC2)nc2cccc(Br)c21. The number of aromatic nitrogens is 2. The number of halogens is 1. The van der Waals surface area contributed by atoms with E-state index in [4.69, 9.17) is 0 Å². The molecule has 0 spiro atoms. The Kier molecular flexibility index (Phi) is 1.71. The molecule has 0 radical (unpaired) electrons. The van der Waals surface area contributed by atoms with Gasteiger partial charge in [-0.25, -0.2) is 4.98 Å². The van der Waals surface area contributed by atoms with E-state index in [-0.39, 0.29) is 0 Å². The van der Waals surface area contributed by atoms with Crippen molar-refractivity contribution in [3.05, 3.63) is 28.5 Å². The molecule has 0 bridgehead atoms. The fourth-order valence-corrected chi connectivity index (χ4v) is 2.57. The third-order valence-electron chi connectivity index (χ3n) is 2.82. The number of benzene rings is 1. The second-order valence-corrected chi connectivity index (χ2v) is 4.77. The molecule has 1 aliphatic rings. The second kappa shape index (κ2) is 2.83. The standard InChI is InChI=1S/C11H11BrN2/c1-14-10-8(12)3-2-4-9(10)13-11(14)7-5-6-7/h2-4,7H,5-6H2,1H3. The lowest BCUT2D eigenvalue weighted by molar-refractivity contribution is 0.819. The maximum Gasteiger partial charge on any atom is 0.112 e. The molecule has 1 fully saturated rings. The van der Waals surface area contributed by atoms with E-state index in [2.05, 4.69) is 44.7 Å². The number of aryl methyl sites for hydroxylation is 1. The smallest absolute Gasteiger partial charge is 0.112 e. The minimum absolute atomic E-state index is 0.708. The van der Waals surface area contributed by atoms with Crippen molar-refractivity contribution in [1.82, 2.24) is 9.55 Å². The Balaban J connectivity index is 2.34. The average molecular weight is 251 g/mol. The van der Waals surface area contributed by atoms with Crippen molar-refractivity contribution in [2.24, 2.45) is 7.05 Å². The lowest BCUT2D eigenvalue weighted by Gasteiger charge is -2.00. The topological polar surface area (TPSA) is 17.8 Å². The quantitative estimate of drug-likeness (QED) is 0.760. The maximum atomic E-state index is 4.67. The van der Waals surface area contributed by atoms with Crippen molar-refractivity contribution < 1.29 is 0 Å². The van der Waals surface area contributed by atoms with E-state index in [1.807, 2.05) is 6.07 Å². The van der Waals surface area contributed by atoms with Gasteiger partial charge >= 0.3 is 0 Å². The number of rotatable bonds is 1. The first-order valence-corrected chi connectivity index (χ1v) is 5.67. The Morgan fingerprint density at radius 2 is 2.21 bits per heavy atom. The first-order chi connectivity index (χ1) is 6.77. The van der Waals surface area contributed by atoms with Crippen LogP contribution < -0.4 is 0 Å². The predicted molar refractivity (Wildman–Crippen MR) is 60.4 cm³/mol. The summed E-state index contributed by atoms with van der Waals surface area (Å²) in [7, 11) is 2.10. The highest BCUT2D eigenvalue weighted by Gasteiger charge is 2.28. The normalized spacial score (nSPS) is 16.4. The van der Waals surface area contributed by atoms with Crippen molar-refractivity contribution in [2.75, 3.05) is 0 Å². The fourth-order valence-electron chi connectivity index (χ4n) is 1.95. The van der Waals surface area contributed by atoms with Gasteiger partial charge < -0.3 is 4.57 Å². The van der Waals surface area contributed by atoms with Gasteiger partial charge in [-0.05, 0) is 40.9 Å². The van der Waals surface area contributed by atoms with Gasteiger partial charge in [0.1, 0.15) is 5.82 Å². The highest BCUT2D eigenvalue weighted by molar-refractivity contribution is 9.10. The minimum atomic E-state index is 0.708. The number of nitrogens with zero attached hydrogens (tertiary/aromatic N) is 2. The van der Waals surface area contributed by atoms with Crippen molar-refractivity contribution in [1.29, 1.82) is 0 Å².